The van der Waals surface area contributed by atoms with Crippen LogP contribution in [0.4, 0.5) is 13.2 Å². The van der Waals surface area contributed by atoms with Crippen LogP contribution in [0.1, 0.15) is 58.8 Å². The van der Waals surface area contributed by atoms with Gasteiger partial charge in [0.1, 0.15) is 17.4 Å². The van der Waals surface area contributed by atoms with Crippen molar-refractivity contribution in [2.24, 2.45) is 5.92 Å². The molecule has 2 aliphatic rings. The van der Waals surface area contributed by atoms with Gasteiger partial charge in [-0.25, -0.2) is 13.4 Å². The summed E-state index contributed by atoms with van der Waals surface area (Å²) in [6, 6.07) is 4.53. The van der Waals surface area contributed by atoms with Crippen LogP contribution in [-0.2, 0) is 16.4 Å². The number of pyridine rings is 1. The van der Waals surface area contributed by atoms with E-state index in [4.69, 9.17) is 0 Å². The molecule has 1 aromatic carbocycles. The number of imidazole rings is 1. The third-order valence-corrected chi connectivity index (χ3v) is 8.59. The third kappa shape index (κ3) is 5.21. The second kappa shape index (κ2) is 9.72. The van der Waals surface area contributed by atoms with Crippen LogP contribution in [-0.4, -0.2) is 64.6 Å². The summed E-state index contributed by atoms with van der Waals surface area (Å²) in [7, 11) is -3.75. The van der Waals surface area contributed by atoms with Gasteiger partial charge in [0.15, 0.2) is 15.7 Å². The molecule has 1 fully saturated rings. The van der Waals surface area contributed by atoms with Crippen molar-refractivity contribution >= 4 is 21.7 Å². The Morgan fingerprint density at radius 3 is 2.50 bits per heavy atom. The lowest BCUT2D eigenvalue weighted by Crippen LogP contribution is -2.43. The maximum atomic E-state index is 13.3. The first-order chi connectivity index (χ1) is 18.6. The zero-order valence-corrected chi connectivity index (χ0v) is 23.1. The topological polar surface area (TPSA) is 125 Å². The van der Waals surface area contributed by atoms with Crippen LogP contribution < -0.4 is 5.32 Å². The summed E-state index contributed by atoms with van der Waals surface area (Å²) in [6.07, 6.45) is 0.0395. The molecule has 0 radical (unpaired) electrons. The molecule has 3 heterocycles. The number of carbonyl (C=O) groups is 2. The Kier molecular flexibility index (Phi) is 6.76. The number of H-pyrrole nitrogens is 1. The van der Waals surface area contributed by atoms with Crippen LogP contribution in [0.3, 0.4) is 0 Å². The molecule has 2 atom stereocenters. The quantitative estimate of drug-likeness (QED) is 0.433. The highest BCUT2D eigenvalue weighted by atomic mass is 32.2. The van der Waals surface area contributed by atoms with E-state index in [9.17, 15) is 31.2 Å². The van der Waals surface area contributed by atoms with E-state index in [0.29, 0.717) is 34.8 Å². The Labute approximate surface area is 229 Å². The van der Waals surface area contributed by atoms with E-state index in [0.717, 1.165) is 26.0 Å². The van der Waals surface area contributed by atoms with Gasteiger partial charge in [-0.15, -0.1) is 0 Å². The summed E-state index contributed by atoms with van der Waals surface area (Å²) < 4.78 is 64.2. The fourth-order valence-corrected chi connectivity index (χ4v) is 5.88. The van der Waals surface area contributed by atoms with E-state index in [1.807, 2.05) is 12.2 Å². The van der Waals surface area contributed by atoms with Crippen molar-refractivity contribution in [2.75, 3.05) is 6.26 Å². The molecule has 1 unspecified atom stereocenters. The second-order valence-corrected chi connectivity index (χ2v) is 12.5. The van der Waals surface area contributed by atoms with E-state index in [1.165, 1.54) is 19.2 Å². The highest BCUT2D eigenvalue weighted by molar-refractivity contribution is 7.90. The fraction of sp³-hybridized carbons (Fsp3) is 0.407. The largest absolute Gasteiger partial charge is 0.408 e. The van der Waals surface area contributed by atoms with E-state index in [1.54, 1.807) is 23.1 Å². The second-order valence-electron chi connectivity index (χ2n) is 10.5. The predicted octanol–water partition coefficient (Wildman–Crippen LogP) is 4.29. The van der Waals surface area contributed by atoms with Crippen LogP contribution in [0.2, 0.25) is 0 Å². The zero-order valence-electron chi connectivity index (χ0n) is 22.3. The standard InChI is InChI=1S/C27H28F3N5O4S/c1-13-23(25(36)33-15(3)27(28,29)30)34-24(32-13)20-10-17(7-8-31-20)18-9-19-12-35(14(2)16-5-6-16)26(37)22(19)21(11-18)40(4,38)39/h7-11,14-16H,5-6,12H2,1-4H3,(H,32,34)(H,33,36)/t14-,15?/m0/s1. The summed E-state index contributed by atoms with van der Waals surface area (Å²) in [5, 5.41) is 1.89. The van der Waals surface area contributed by atoms with Gasteiger partial charge < -0.3 is 15.2 Å². The number of rotatable bonds is 7. The molecular formula is C27H28F3N5O4S. The van der Waals surface area contributed by atoms with Crippen molar-refractivity contribution in [1.29, 1.82) is 0 Å². The first-order valence-corrected chi connectivity index (χ1v) is 14.6. The molecule has 2 N–H and O–H groups in total. The van der Waals surface area contributed by atoms with Crippen molar-refractivity contribution in [3.63, 3.8) is 0 Å². The number of halogens is 3. The summed E-state index contributed by atoms with van der Waals surface area (Å²) in [4.78, 5) is 38.8. The molecule has 0 saturated heterocycles. The lowest BCUT2D eigenvalue weighted by Gasteiger charge is -2.24. The number of fused-ring (bicyclic) bond motifs is 1. The normalized spacial score (nSPS) is 17.1. The van der Waals surface area contributed by atoms with Crippen LogP contribution >= 0.6 is 0 Å². The fourth-order valence-electron chi connectivity index (χ4n) is 4.95. The summed E-state index contributed by atoms with van der Waals surface area (Å²) in [5.74, 6) is -0.684. The number of amides is 2. The molecule has 5 rings (SSSR count). The van der Waals surface area contributed by atoms with Crippen molar-refractivity contribution in [3.8, 4) is 22.6 Å². The van der Waals surface area contributed by atoms with Gasteiger partial charge in [-0.05, 0) is 80.5 Å². The monoisotopic (exact) mass is 575 g/mol. The average molecular weight is 576 g/mol. The average Bonchev–Trinajstić information content (AvgIpc) is 3.58. The molecule has 212 valence electrons. The van der Waals surface area contributed by atoms with Crippen LogP contribution in [0.5, 0.6) is 0 Å². The number of aromatic nitrogens is 3. The Hall–Kier alpha value is -3.74. The smallest absolute Gasteiger partial charge is 0.340 e. The molecule has 2 amide bonds. The molecule has 0 spiro atoms. The number of sulfone groups is 1. The van der Waals surface area contributed by atoms with Crippen LogP contribution in [0, 0.1) is 12.8 Å². The predicted molar refractivity (Wildman–Crippen MR) is 140 cm³/mol. The first-order valence-electron chi connectivity index (χ1n) is 12.7. The molecule has 1 aliphatic carbocycles. The lowest BCUT2D eigenvalue weighted by molar-refractivity contribution is -0.149. The van der Waals surface area contributed by atoms with Crippen LogP contribution in [0.15, 0.2) is 35.4 Å². The summed E-state index contributed by atoms with van der Waals surface area (Å²) >= 11 is 0. The van der Waals surface area contributed by atoms with E-state index < -0.39 is 28.0 Å². The van der Waals surface area contributed by atoms with Gasteiger partial charge in [-0.2, -0.15) is 13.2 Å². The number of nitrogens with one attached hydrogen (secondary N) is 2. The SMILES string of the molecule is Cc1[nH]c(-c2cc(-c3cc4c(c(S(C)(=O)=O)c3)C(=O)N([C@@H](C)C3CC3)C4)ccn2)nc1C(=O)NC(C)C(F)(F)F. The zero-order chi connectivity index (χ0) is 29.1. The summed E-state index contributed by atoms with van der Waals surface area (Å²) in [5.41, 5.74) is 2.33. The molecule has 1 aliphatic heterocycles. The molecule has 1 saturated carbocycles. The summed E-state index contributed by atoms with van der Waals surface area (Å²) in [6.45, 7) is 4.65. The van der Waals surface area contributed by atoms with Crippen molar-refractivity contribution in [2.45, 2.75) is 63.3 Å². The van der Waals surface area contributed by atoms with Crippen molar-refractivity contribution in [3.05, 3.63) is 53.0 Å². The van der Waals surface area contributed by atoms with Gasteiger partial charge in [0, 0.05) is 30.7 Å². The number of benzene rings is 1. The Balaban J connectivity index is 1.49. The number of aryl methyl sites for hydroxylation is 1. The highest BCUT2D eigenvalue weighted by Crippen LogP contribution is 2.41. The number of aromatic amines is 1. The minimum atomic E-state index is -4.60. The van der Waals surface area contributed by atoms with Crippen molar-refractivity contribution in [1.82, 2.24) is 25.2 Å². The number of carbonyl (C=O) groups excluding carboxylic acids is 2. The third-order valence-electron chi connectivity index (χ3n) is 7.47. The Bertz CT molecular complexity index is 1630. The lowest BCUT2D eigenvalue weighted by atomic mass is 10.0. The number of nitrogens with zero attached hydrogens (tertiary/aromatic N) is 3. The van der Waals surface area contributed by atoms with Gasteiger partial charge in [-0.1, -0.05) is 0 Å². The highest BCUT2D eigenvalue weighted by Gasteiger charge is 2.41. The number of hydrogen-bond donors (Lipinski definition) is 2. The Morgan fingerprint density at radius 1 is 1.18 bits per heavy atom. The van der Waals surface area contributed by atoms with E-state index in [2.05, 4.69) is 15.0 Å². The number of alkyl halides is 3. The van der Waals surface area contributed by atoms with Gasteiger partial charge in [0.25, 0.3) is 11.8 Å². The Morgan fingerprint density at radius 2 is 1.88 bits per heavy atom. The number of hydrogen-bond acceptors (Lipinski definition) is 6. The van der Waals surface area contributed by atoms with Crippen molar-refractivity contribution < 1.29 is 31.2 Å². The van der Waals surface area contributed by atoms with Crippen LogP contribution in [0.25, 0.3) is 22.6 Å². The molecule has 3 aromatic rings. The molecule has 2 aromatic heterocycles. The van der Waals surface area contributed by atoms with Gasteiger partial charge in [0.05, 0.1) is 10.5 Å². The van der Waals surface area contributed by atoms with Gasteiger partial charge in [0.2, 0.25) is 0 Å². The van der Waals surface area contributed by atoms with Gasteiger partial charge in [-0.3, -0.25) is 14.6 Å². The minimum Gasteiger partial charge on any atom is -0.340 e. The molecular weight excluding hydrogens is 547 g/mol. The maximum absolute atomic E-state index is 13.3. The maximum Gasteiger partial charge on any atom is 0.408 e. The molecule has 0 bridgehead atoms. The van der Waals surface area contributed by atoms with E-state index in [-0.39, 0.29) is 39.6 Å². The molecule has 9 nitrogen and oxygen atoms in total. The van der Waals surface area contributed by atoms with Gasteiger partial charge >= 0.3 is 6.18 Å². The molecule has 13 heteroatoms. The first kappa shape index (κ1) is 27.8. The molecule has 40 heavy (non-hydrogen) atoms. The minimum absolute atomic E-state index is 0.0102. The van der Waals surface area contributed by atoms with E-state index >= 15 is 0 Å².